The number of pyridine rings is 1. The van der Waals surface area contributed by atoms with Gasteiger partial charge in [0.15, 0.2) is 17.5 Å². The number of hydrogen-bond donors (Lipinski definition) is 0. The van der Waals surface area contributed by atoms with Crippen LogP contribution in [0.25, 0.3) is 111 Å². The lowest BCUT2D eigenvalue weighted by Crippen LogP contribution is -2.01. The number of nitrogens with zero attached hydrogens (tertiary/aromatic N) is 6. The Labute approximate surface area is 321 Å². The topological polar surface area (TPSA) is 60.9 Å². The van der Waals surface area contributed by atoms with E-state index in [-0.39, 0.29) is 0 Å². The molecule has 0 saturated carbocycles. The molecule has 5 heterocycles. The molecule has 0 amide bonds. The molecular weight excluding hydrogens is 685 g/mol. The third-order valence-electron chi connectivity index (χ3n) is 11.2. The molecule has 0 radical (unpaired) electrons. The van der Waals surface area contributed by atoms with E-state index in [0.717, 1.165) is 33.4 Å². The van der Waals surface area contributed by atoms with Crippen LogP contribution in [0.1, 0.15) is 0 Å². The second-order valence-corrected chi connectivity index (χ2v) is 14.3. The normalized spacial score (nSPS) is 11.9. The summed E-state index contributed by atoms with van der Waals surface area (Å²) in [5.41, 5.74) is 12.0. The number of aromatic nitrogens is 6. The molecule has 0 fully saturated rings. The summed E-state index contributed by atoms with van der Waals surface area (Å²) >= 11 is 0. The molecule has 0 N–H and O–H groups in total. The fourth-order valence-corrected chi connectivity index (χ4v) is 8.82. The van der Waals surface area contributed by atoms with Crippen LogP contribution >= 0.6 is 0 Å². The van der Waals surface area contributed by atoms with Crippen molar-refractivity contribution in [2.45, 2.75) is 0 Å². The molecule has 56 heavy (non-hydrogen) atoms. The van der Waals surface area contributed by atoms with Crippen molar-refractivity contribution >= 4 is 59.9 Å². The second kappa shape index (κ2) is 11.9. The van der Waals surface area contributed by atoms with Gasteiger partial charge in [0, 0.05) is 67.1 Å². The zero-order valence-corrected chi connectivity index (χ0v) is 30.0. The Kier molecular flexibility index (Phi) is 6.53. The molecule has 7 aromatic carbocycles. The van der Waals surface area contributed by atoms with E-state index in [1.165, 1.54) is 60.0 Å². The van der Waals surface area contributed by atoms with Crippen LogP contribution in [0.4, 0.5) is 0 Å². The molecule has 6 heteroatoms. The minimum Gasteiger partial charge on any atom is -0.309 e. The average molecular weight is 715 g/mol. The standard InChI is InChI=1S/C50H30N6/c1-3-13-31(14-4-1)36-24-26-42-45-44(36)39-21-8-10-23-41(39)56-40-22-9-7-20-37(40)38-25-27-43(46(45)47(38)56)55(42)35-19-11-17-33(29-35)49-52-48(32-15-5-2-6-16-32)53-50(54-49)34-18-12-28-51-30-34/h1-30H. The molecule has 6 nitrogen and oxygen atoms in total. The van der Waals surface area contributed by atoms with E-state index < -0.39 is 0 Å². The Bertz CT molecular complexity index is 3400. The fraction of sp³-hybridized carbons (Fsp3) is 0. The van der Waals surface area contributed by atoms with Gasteiger partial charge in [0.25, 0.3) is 0 Å². The predicted octanol–water partition coefficient (Wildman–Crippen LogP) is 12.2. The van der Waals surface area contributed by atoms with E-state index in [2.05, 4.69) is 141 Å². The van der Waals surface area contributed by atoms with Gasteiger partial charge in [0.2, 0.25) is 0 Å². The van der Waals surface area contributed by atoms with Gasteiger partial charge in [0.1, 0.15) is 0 Å². The summed E-state index contributed by atoms with van der Waals surface area (Å²) in [6.07, 6.45) is 3.56. The Hall–Kier alpha value is -7.70. The maximum absolute atomic E-state index is 5.06. The van der Waals surface area contributed by atoms with Gasteiger partial charge >= 0.3 is 0 Å². The van der Waals surface area contributed by atoms with Crippen molar-refractivity contribution < 1.29 is 0 Å². The van der Waals surface area contributed by atoms with Crippen LogP contribution in [-0.4, -0.2) is 28.9 Å². The number of hydrogen-bond acceptors (Lipinski definition) is 4. The summed E-state index contributed by atoms with van der Waals surface area (Å²) in [6.45, 7) is 0. The number of rotatable bonds is 5. The van der Waals surface area contributed by atoms with Crippen LogP contribution in [0.3, 0.4) is 0 Å². The lowest BCUT2D eigenvalue weighted by Gasteiger charge is -2.13. The molecular formula is C50H30N6. The third kappa shape index (κ3) is 4.44. The first kappa shape index (κ1) is 30.7. The summed E-state index contributed by atoms with van der Waals surface area (Å²) < 4.78 is 4.91. The predicted molar refractivity (Wildman–Crippen MR) is 228 cm³/mol. The molecule has 260 valence electrons. The minimum atomic E-state index is 0.582. The summed E-state index contributed by atoms with van der Waals surface area (Å²) in [6, 6.07) is 60.2. The maximum Gasteiger partial charge on any atom is 0.165 e. The Morgan fingerprint density at radius 2 is 0.982 bits per heavy atom. The second-order valence-electron chi connectivity index (χ2n) is 14.3. The lowest BCUT2D eigenvalue weighted by molar-refractivity contribution is 1.07. The van der Waals surface area contributed by atoms with E-state index in [9.17, 15) is 0 Å². The molecule has 0 aliphatic rings. The monoisotopic (exact) mass is 714 g/mol. The molecule has 0 bridgehead atoms. The Morgan fingerprint density at radius 1 is 0.375 bits per heavy atom. The van der Waals surface area contributed by atoms with Crippen molar-refractivity contribution in [3.63, 3.8) is 0 Å². The van der Waals surface area contributed by atoms with Gasteiger partial charge in [0.05, 0.1) is 27.6 Å². The van der Waals surface area contributed by atoms with Gasteiger partial charge < -0.3 is 8.97 Å². The van der Waals surface area contributed by atoms with E-state index in [1.54, 1.807) is 12.4 Å². The molecule has 5 aromatic heterocycles. The molecule has 0 atom stereocenters. The van der Waals surface area contributed by atoms with Crippen LogP contribution in [0, 0.1) is 0 Å². The van der Waals surface area contributed by atoms with E-state index in [1.807, 2.05) is 42.5 Å². The number of para-hydroxylation sites is 2. The van der Waals surface area contributed by atoms with Gasteiger partial charge in [-0.15, -0.1) is 0 Å². The van der Waals surface area contributed by atoms with Crippen LogP contribution in [0.15, 0.2) is 182 Å². The Balaban J connectivity index is 1.19. The molecule has 0 spiro atoms. The van der Waals surface area contributed by atoms with Crippen molar-refractivity contribution in [3.05, 3.63) is 182 Å². The van der Waals surface area contributed by atoms with Crippen LogP contribution in [-0.2, 0) is 0 Å². The summed E-state index contributed by atoms with van der Waals surface area (Å²) in [5.74, 6) is 1.80. The van der Waals surface area contributed by atoms with Crippen LogP contribution in [0.2, 0.25) is 0 Å². The number of fused-ring (bicyclic) bond motifs is 6. The van der Waals surface area contributed by atoms with Crippen molar-refractivity contribution in [2.75, 3.05) is 0 Å². The average Bonchev–Trinajstić information content (AvgIpc) is 3.75. The summed E-state index contributed by atoms with van der Waals surface area (Å²) in [5, 5.41) is 7.44. The molecule has 12 aromatic rings. The molecule has 12 rings (SSSR count). The zero-order valence-electron chi connectivity index (χ0n) is 30.0. The molecule has 0 aliphatic heterocycles. The van der Waals surface area contributed by atoms with Gasteiger partial charge in [-0.05, 0) is 59.7 Å². The van der Waals surface area contributed by atoms with Crippen molar-refractivity contribution in [1.82, 2.24) is 28.9 Å². The van der Waals surface area contributed by atoms with Crippen molar-refractivity contribution in [2.24, 2.45) is 0 Å². The first-order valence-electron chi connectivity index (χ1n) is 18.8. The van der Waals surface area contributed by atoms with E-state index in [0.29, 0.717) is 17.5 Å². The van der Waals surface area contributed by atoms with Crippen molar-refractivity contribution in [1.29, 1.82) is 0 Å². The molecule has 0 saturated heterocycles. The van der Waals surface area contributed by atoms with Crippen LogP contribution < -0.4 is 0 Å². The van der Waals surface area contributed by atoms with Gasteiger partial charge in [-0.1, -0.05) is 121 Å². The van der Waals surface area contributed by atoms with Crippen molar-refractivity contribution in [3.8, 4) is 51.0 Å². The highest BCUT2D eigenvalue weighted by atomic mass is 15.0. The zero-order chi connectivity index (χ0) is 36.7. The first-order valence-corrected chi connectivity index (χ1v) is 18.8. The van der Waals surface area contributed by atoms with E-state index >= 15 is 0 Å². The highest BCUT2D eigenvalue weighted by Gasteiger charge is 2.25. The SMILES string of the molecule is c1ccc(-c2nc(-c3cccnc3)nc(-c3cccc(-n4c5ccc(-c6ccccc6)c6c7ccccc7n7c8ccccc8c8ccc4c(c65)c87)c3)n2)cc1. The summed E-state index contributed by atoms with van der Waals surface area (Å²) in [7, 11) is 0. The first-order chi connectivity index (χ1) is 27.8. The minimum absolute atomic E-state index is 0.582. The van der Waals surface area contributed by atoms with Gasteiger partial charge in [-0.25, -0.2) is 15.0 Å². The fourth-order valence-electron chi connectivity index (χ4n) is 8.82. The highest BCUT2D eigenvalue weighted by molar-refractivity contribution is 6.35. The molecule has 0 unspecified atom stereocenters. The summed E-state index contributed by atoms with van der Waals surface area (Å²) in [4.78, 5) is 19.4. The number of benzene rings is 7. The lowest BCUT2D eigenvalue weighted by atomic mass is 9.95. The van der Waals surface area contributed by atoms with E-state index in [4.69, 9.17) is 15.0 Å². The smallest absolute Gasteiger partial charge is 0.165 e. The largest absolute Gasteiger partial charge is 0.309 e. The van der Waals surface area contributed by atoms with Gasteiger partial charge in [-0.2, -0.15) is 0 Å². The van der Waals surface area contributed by atoms with Gasteiger partial charge in [-0.3, -0.25) is 4.98 Å². The quantitative estimate of drug-likeness (QED) is 0.178. The molecule has 0 aliphatic carbocycles. The maximum atomic E-state index is 5.06. The third-order valence-corrected chi connectivity index (χ3v) is 11.2. The Morgan fingerprint density at radius 3 is 1.75 bits per heavy atom. The van der Waals surface area contributed by atoms with Crippen LogP contribution in [0.5, 0.6) is 0 Å². The highest BCUT2D eigenvalue weighted by Crippen LogP contribution is 2.47.